The first-order valence-corrected chi connectivity index (χ1v) is 8.53. The van der Waals surface area contributed by atoms with E-state index in [4.69, 9.17) is 0 Å². The van der Waals surface area contributed by atoms with Gasteiger partial charge in [-0.05, 0) is 55.1 Å². The maximum absolute atomic E-state index is 11.2. The van der Waals surface area contributed by atoms with Gasteiger partial charge in [0.25, 0.3) is 0 Å². The molecule has 120 valence electrons. The van der Waals surface area contributed by atoms with Gasteiger partial charge in [-0.2, -0.15) is 0 Å². The second-order valence-electron chi connectivity index (χ2n) is 6.60. The van der Waals surface area contributed by atoms with Crippen LogP contribution in [0.25, 0.3) is 43.1 Å². The summed E-state index contributed by atoms with van der Waals surface area (Å²) in [6.07, 6.45) is 0.692. The van der Waals surface area contributed by atoms with Gasteiger partial charge >= 0.3 is 5.97 Å². The summed E-state index contributed by atoms with van der Waals surface area (Å²) in [5.41, 5.74) is 1.14. The molecule has 0 atom stereocenters. The van der Waals surface area contributed by atoms with Gasteiger partial charge in [0.15, 0.2) is 0 Å². The Morgan fingerprint density at radius 1 is 0.680 bits per heavy atom. The molecular weight excluding hydrogens is 308 g/mol. The number of rotatable bonds is 3. The topological polar surface area (TPSA) is 37.3 Å². The molecule has 0 unspecified atom stereocenters. The number of aliphatic carboxylic acids is 1. The number of carbonyl (C=O) groups is 1. The summed E-state index contributed by atoms with van der Waals surface area (Å²) in [4.78, 5) is 11.2. The maximum atomic E-state index is 11.2. The molecule has 0 aliphatic carbocycles. The second kappa shape index (κ2) is 5.18. The van der Waals surface area contributed by atoms with E-state index in [-0.39, 0.29) is 6.42 Å². The van der Waals surface area contributed by atoms with Crippen molar-refractivity contribution in [2.75, 3.05) is 0 Å². The van der Waals surface area contributed by atoms with Crippen LogP contribution in [0.4, 0.5) is 0 Å². The molecule has 2 nitrogen and oxygen atoms in total. The van der Waals surface area contributed by atoms with E-state index in [0.717, 1.165) is 10.9 Å². The predicted octanol–water partition coefficient (Wildman–Crippen LogP) is 5.75. The lowest BCUT2D eigenvalue weighted by atomic mass is 9.86. The zero-order chi connectivity index (χ0) is 17.0. The molecule has 0 saturated carbocycles. The molecule has 0 spiro atoms. The molecule has 0 bridgehead atoms. The van der Waals surface area contributed by atoms with Crippen LogP contribution in [-0.4, -0.2) is 11.1 Å². The van der Waals surface area contributed by atoms with E-state index >= 15 is 0 Å². The minimum Gasteiger partial charge on any atom is -0.481 e. The molecule has 1 N–H and O–H groups in total. The molecule has 0 aliphatic rings. The van der Waals surface area contributed by atoms with Gasteiger partial charge in [-0.15, -0.1) is 0 Å². The van der Waals surface area contributed by atoms with Crippen molar-refractivity contribution in [2.24, 2.45) is 0 Å². The molecule has 0 aliphatic heterocycles. The van der Waals surface area contributed by atoms with Crippen LogP contribution in [0.5, 0.6) is 0 Å². The normalized spacial score (nSPS) is 11.8. The molecule has 0 amide bonds. The van der Waals surface area contributed by atoms with E-state index < -0.39 is 5.97 Å². The molecule has 0 saturated heterocycles. The van der Waals surface area contributed by atoms with Gasteiger partial charge < -0.3 is 5.11 Å². The quantitative estimate of drug-likeness (QED) is 0.339. The van der Waals surface area contributed by atoms with Crippen molar-refractivity contribution in [1.82, 2.24) is 0 Å². The molecule has 2 heteroatoms. The number of hydrogen-bond acceptors (Lipinski definition) is 1. The van der Waals surface area contributed by atoms with Crippen LogP contribution >= 0.6 is 0 Å². The second-order valence-corrected chi connectivity index (χ2v) is 6.60. The summed E-state index contributed by atoms with van der Waals surface area (Å²) < 4.78 is 0. The summed E-state index contributed by atoms with van der Waals surface area (Å²) in [7, 11) is 0. The Morgan fingerprint density at radius 2 is 1.36 bits per heavy atom. The molecule has 5 aromatic carbocycles. The Hall–Kier alpha value is -3.13. The van der Waals surface area contributed by atoms with E-state index in [1.54, 1.807) is 0 Å². The van der Waals surface area contributed by atoms with Crippen molar-refractivity contribution in [2.45, 2.75) is 12.8 Å². The van der Waals surface area contributed by atoms with Crippen molar-refractivity contribution in [3.63, 3.8) is 0 Å². The highest BCUT2D eigenvalue weighted by Gasteiger charge is 2.15. The van der Waals surface area contributed by atoms with Crippen LogP contribution in [0.1, 0.15) is 12.0 Å². The van der Waals surface area contributed by atoms with Crippen LogP contribution < -0.4 is 0 Å². The van der Waals surface area contributed by atoms with E-state index in [0.29, 0.717) is 6.42 Å². The molecule has 0 heterocycles. The van der Waals surface area contributed by atoms with Crippen molar-refractivity contribution in [3.05, 3.63) is 72.3 Å². The van der Waals surface area contributed by atoms with Gasteiger partial charge in [-0.25, -0.2) is 0 Å². The number of benzene rings is 5. The minimum absolute atomic E-state index is 0.147. The van der Waals surface area contributed by atoms with Crippen molar-refractivity contribution < 1.29 is 9.90 Å². The van der Waals surface area contributed by atoms with Gasteiger partial charge in [0.2, 0.25) is 0 Å². The lowest BCUT2D eigenvalue weighted by Crippen LogP contribution is -2.00. The van der Waals surface area contributed by atoms with Crippen LogP contribution in [0.15, 0.2) is 66.7 Å². The number of carboxylic acids is 1. The Kier molecular flexibility index (Phi) is 2.95. The number of aryl methyl sites for hydroxylation is 1. The summed E-state index contributed by atoms with van der Waals surface area (Å²) in [5.74, 6) is -0.755. The molecule has 0 fully saturated rings. The third-order valence-corrected chi connectivity index (χ3v) is 5.23. The van der Waals surface area contributed by atoms with Gasteiger partial charge in [0.1, 0.15) is 0 Å². The van der Waals surface area contributed by atoms with E-state index in [1.807, 2.05) is 6.07 Å². The van der Waals surface area contributed by atoms with Gasteiger partial charge in [-0.3, -0.25) is 4.79 Å². The number of carboxylic acid groups (broad SMARTS) is 1. The van der Waals surface area contributed by atoms with Crippen molar-refractivity contribution in [3.8, 4) is 0 Å². The lowest BCUT2D eigenvalue weighted by molar-refractivity contribution is -0.136. The van der Waals surface area contributed by atoms with Crippen molar-refractivity contribution in [1.29, 1.82) is 0 Å². The smallest absolute Gasteiger partial charge is 0.303 e. The fraction of sp³-hybridized carbons (Fsp3) is 0.0870. The Labute approximate surface area is 144 Å². The van der Waals surface area contributed by atoms with Gasteiger partial charge in [-0.1, -0.05) is 66.7 Å². The minimum atomic E-state index is -0.755. The summed E-state index contributed by atoms with van der Waals surface area (Å²) in [5, 5.41) is 19.0. The fourth-order valence-corrected chi connectivity index (χ4v) is 4.19. The number of hydrogen-bond donors (Lipinski definition) is 1. The lowest BCUT2D eigenvalue weighted by Gasteiger charge is -2.17. The third-order valence-electron chi connectivity index (χ3n) is 5.23. The SMILES string of the molecule is O=C(O)CCc1c2ccccc2c2ccc3cccc4ccc1c2c43. The Morgan fingerprint density at radius 3 is 2.08 bits per heavy atom. The monoisotopic (exact) mass is 324 g/mol. The van der Waals surface area contributed by atoms with Gasteiger partial charge in [0.05, 0.1) is 0 Å². The molecule has 0 aromatic heterocycles. The first kappa shape index (κ1) is 14.2. The van der Waals surface area contributed by atoms with Crippen LogP contribution in [0, 0.1) is 0 Å². The van der Waals surface area contributed by atoms with Gasteiger partial charge in [0, 0.05) is 6.42 Å². The average molecular weight is 324 g/mol. The highest BCUT2D eigenvalue weighted by atomic mass is 16.4. The van der Waals surface area contributed by atoms with Crippen LogP contribution in [0.2, 0.25) is 0 Å². The van der Waals surface area contributed by atoms with E-state index in [1.165, 1.54) is 37.7 Å². The molecule has 25 heavy (non-hydrogen) atoms. The summed E-state index contributed by atoms with van der Waals surface area (Å²) >= 11 is 0. The van der Waals surface area contributed by atoms with E-state index in [9.17, 15) is 9.90 Å². The summed E-state index contributed by atoms with van der Waals surface area (Å²) in [6.45, 7) is 0. The standard InChI is InChI=1S/C23H16O2/c24-21(25)13-12-18-16-6-1-2-7-17(16)19-10-8-14-4-3-5-15-9-11-20(18)23(19)22(14)15/h1-11H,12-13H2,(H,24,25). The third kappa shape index (κ3) is 2.01. The van der Waals surface area contributed by atoms with Crippen LogP contribution in [-0.2, 0) is 11.2 Å². The zero-order valence-electron chi connectivity index (χ0n) is 13.6. The fourth-order valence-electron chi connectivity index (χ4n) is 4.19. The van der Waals surface area contributed by atoms with Crippen molar-refractivity contribution >= 4 is 49.1 Å². The van der Waals surface area contributed by atoms with Crippen LogP contribution in [0.3, 0.4) is 0 Å². The molecule has 0 radical (unpaired) electrons. The molecule has 5 aromatic rings. The van der Waals surface area contributed by atoms with E-state index in [2.05, 4.69) is 60.7 Å². The molecule has 5 rings (SSSR count). The highest BCUT2D eigenvalue weighted by Crippen LogP contribution is 2.41. The maximum Gasteiger partial charge on any atom is 0.303 e. The first-order chi connectivity index (χ1) is 12.2. The largest absolute Gasteiger partial charge is 0.481 e. The predicted molar refractivity (Wildman–Crippen MR) is 104 cm³/mol. The Balaban J connectivity index is 2.03. The average Bonchev–Trinajstić information content (AvgIpc) is 2.64. The first-order valence-electron chi connectivity index (χ1n) is 8.53. The summed E-state index contributed by atoms with van der Waals surface area (Å²) in [6, 6.07) is 23.4. The number of fused-ring (bicyclic) bond motifs is 2. The zero-order valence-corrected chi connectivity index (χ0v) is 13.6. The highest BCUT2D eigenvalue weighted by molar-refractivity contribution is 6.30. The molecular formula is C23H16O2. The Bertz CT molecular complexity index is 1250.